The number of rotatable bonds is 0. The summed E-state index contributed by atoms with van der Waals surface area (Å²) < 4.78 is 0. The highest BCUT2D eigenvalue weighted by molar-refractivity contribution is 6.42. The zero-order valence-electron chi connectivity index (χ0n) is 8.52. The van der Waals surface area contributed by atoms with Gasteiger partial charge in [0.2, 0.25) is 0 Å². The van der Waals surface area contributed by atoms with Crippen molar-refractivity contribution in [3.05, 3.63) is 57.5 Å². The first-order chi connectivity index (χ1) is 8.16. The third kappa shape index (κ3) is 1.77. The normalized spacial score (nSPS) is 11.2. The quantitative estimate of drug-likeness (QED) is 0.473. The van der Waals surface area contributed by atoms with Crippen LogP contribution in [-0.4, -0.2) is 0 Å². The van der Waals surface area contributed by atoms with E-state index in [9.17, 15) is 0 Å². The first kappa shape index (κ1) is 11.2. The molecule has 0 unspecified atom stereocenters. The Kier molecular flexibility index (Phi) is 2.67. The van der Waals surface area contributed by atoms with Gasteiger partial charge in [-0.2, -0.15) is 0 Å². The van der Waals surface area contributed by atoms with E-state index < -0.39 is 0 Å². The van der Waals surface area contributed by atoms with Gasteiger partial charge in [0.25, 0.3) is 0 Å². The summed E-state index contributed by atoms with van der Waals surface area (Å²) in [5.74, 6) is 0. The molecule has 0 aromatic heterocycles. The topological polar surface area (TPSA) is 0 Å². The standard InChI is InChI=1S/C14H5Cl3/c15-9-3-1-8-2-4-10-12(16)5-6-13(17)14(10)11(8)7-9/h1-2,4,6-7H. The van der Waals surface area contributed by atoms with Crippen LogP contribution in [0.1, 0.15) is 0 Å². The number of benzene rings is 3. The summed E-state index contributed by atoms with van der Waals surface area (Å²) in [6, 6.07) is 15.1. The van der Waals surface area contributed by atoms with Crippen LogP contribution >= 0.6 is 34.8 Å². The van der Waals surface area contributed by atoms with Crippen molar-refractivity contribution in [2.45, 2.75) is 0 Å². The Hall–Kier alpha value is -0.950. The summed E-state index contributed by atoms with van der Waals surface area (Å²) >= 11 is 18.3. The van der Waals surface area contributed by atoms with Crippen molar-refractivity contribution in [2.24, 2.45) is 0 Å². The van der Waals surface area contributed by atoms with Gasteiger partial charge in [0.1, 0.15) is 0 Å². The molecule has 0 heterocycles. The largest absolute Gasteiger partial charge is 0.0836 e. The maximum Gasteiger partial charge on any atom is 0.0564 e. The molecule has 0 N–H and O–H groups in total. The van der Waals surface area contributed by atoms with Crippen LogP contribution in [0.25, 0.3) is 21.5 Å². The molecule has 0 spiro atoms. The van der Waals surface area contributed by atoms with Crippen molar-refractivity contribution < 1.29 is 0 Å². The molecule has 0 bridgehead atoms. The molecular weight excluding hydrogens is 275 g/mol. The van der Waals surface area contributed by atoms with Crippen molar-refractivity contribution in [3.63, 3.8) is 0 Å². The SMILES string of the molecule is Clc1[c]cc2ccc3c(Cl)[c]cc(Cl)c3c2c1. The molecule has 17 heavy (non-hydrogen) atoms. The lowest BCUT2D eigenvalue weighted by Crippen LogP contribution is -1.81. The molecule has 0 amide bonds. The summed E-state index contributed by atoms with van der Waals surface area (Å²) in [5, 5.41) is 5.55. The zero-order valence-corrected chi connectivity index (χ0v) is 10.8. The van der Waals surface area contributed by atoms with Crippen LogP contribution in [0, 0.1) is 12.1 Å². The highest BCUT2D eigenvalue weighted by Crippen LogP contribution is 2.35. The van der Waals surface area contributed by atoms with Crippen molar-refractivity contribution in [3.8, 4) is 0 Å². The zero-order chi connectivity index (χ0) is 12.0. The predicted octanol–water partition coefficient (Wildman–Crippen LogP) is 5.55. The van der Waals surface area contributed by atoms with E-state index in [2.05, 4.69) is 12.1 Å². The number of hydrogen-bond acceptors (Lipinski definition) is 0. The Balaban J connectivity index is 2.62. The Bertz CT molecular complexity index is 732. The summed E-state index contributed by atoms with van der Waals surface area (Å²) in [6.07, 6.45) is 0. The van der Waals surface area contributed by atoms with Gasteiger partial charge in [0, 0.05) is 33.0 Å². The summed E-state index contributed by atoms with van der Waals surface area (Å²) in [6.45, 7) is 0. The smallest absolute Gasteiger partial charge is 0.0564 e. The van der Waals surface area contributed by atoms with E-state index in [4.69, 9.17) is 34.8 Å². The van der Waals surface area contributed by atoms with E-state index in [1.165, 1.54) is 0 Å². The van der Waals surface area contributed by atoms with Crippen LogP contribution in [0.4, 0.5) is 0 Å². The van der Waals surface area contributed by atoms with Crippen molar-refractivity contribution in [1.29, 1.82) is 0 Å². The molecule has 0 atom stereocenters. The summed E-state index contributed by atoms with van der Waals surface area (Å²) in [4.78, 5) is 0. The van der Waals surface area contributed by atoms with Gasteiger partial charge >= 0.3 is 0 Å². The van der Waals surface area contributed by atoms with E-state index in [1.54, 1.807) is 6.07 Å². The van der Waals surface area contributed by atoms with Gasteiger partial charge in [-0.3, -0.25) is 0 Å². The highest BCUT2D eigenvalue weighted by Gasteiger charge is 2.08. The molecule has 82 valence electrons. The minimum Gasteiger partial charge on any atom is -0.0836 e. The molecule has 0 aliphatic rings. The average molecular weight is 280 g/mol. The van der Waals surface area contributed by atoms with Crippen molar-refractivity contribution in [2.75, 3.05) is 0 Å². The number of hydrogen-bond donors (Lipinski definition) is 0. The van der Waals surface area contributed by atoms with Crippen LogP contribution in [0.2, 0.25) is 15.1 Å². The molecule has 3 rings (SSSR count). The fraction of sp³-hybridized carbons (Fsp3) is 0. The minimum absolute atomic E-state index is 0.560. The minimum atomic E-state index is 0.560. The molecule has 0 nitrogen and oxygen atoms in total. The molecule has 3 heteroatoms. The molecule has 0 aliphatic carbocycles. The lowest BCUT2D eigenvalue weighted by atomic mass is 10.0. The summed E-state index contributed by atoms with van der Waals surface area (Å²) in [7, 11) is 0. The second-order valence-corrected chi connectivity index (χ2v) is 4.91. The lowest BCUT2D eigenvalue weighted by Gasteiger charge is -2.07. The maximum absolute atomic E-state index is 6.22. The van der Waals surface area contributed by atoms with Gasteiger partial charge in [0.05, 0.1) is 5.02 Å². The molecule has 0 saturated heterocycles. The van der Waals surface area contributed by atoms with Gasteiger partial charge in [-0.15, -0.1) is 0 Å². The summed E-state index contributed by atoms with van der Waals surface area (Å²) in [5.41, 5.74) is 0. The Morgan fingerprint density at radius 1 is 0.882 bits per heavy atom. The monoisotopic (exact) mass is 278 g/mol. The maximum atomic E-state index is 6.22. The second-order valence-electron chi connectivity index (χ2n) is 3.72. The van der Waals surface area contributed by atoms with E-state index in [0.29, 0.717) is 15.1 Å². The average Bonchev–Trinajstić information content (AvgIpc) is 2.33. The molecule has 3 aromatic carbocycles. The highest BCUT2D eigenvalue weighted by atomic mass is 35.5. The van der Waals surface area contributed by atoms with Gasteiger partial charge in [-0.1, -0.05) is 46.9 Å². The molecule has 0 aliphatic heterocycles. The number of fused-ring (bicyclic) bond motifs is 3. The number of halogens is 3. The predicted molar refractivity (Wildman–Crippen MR) is 74.2 cm³/mol. The van der Waals surface area contributed by atoms with Gasteiger partial charge in [0.15, 0.2) is 0 Å². The molecule has 0 saturated carbocycles. The van der Waals surface area contributed by atoms with E-state index in [0.717, 1.165) is 21.5 Å². The van der Waals surface area contributed by atoms with E-state index in [1.807, 2.05) is 24.3 Å². The molecular formula is C14H5Cl3. The van der Waals surface area contributed by atoms with Crippen LogP contribution < -0.4 is 0 Å². The van der Waals surface area contributed by atoms with E-state index in [-0.39, 0.29) is 0 Å². The second kappa shape index (κ2) is 4.06. The Morgan fingerprint density at radius 2 is 1.71 bits per heavy atom. The van der Waals surface area contributed by atoms with Gasteiger partial charge < -0.3 is 0 Å². The molecule has 2 radical (unpaired) electrons. The Morgan fingerprint density at radius 3 is 2.53 bits per heavy atom. The lowest BCUT2D eigenvalue weighted by molar-refractivity contribution is 1.74. The Labute approximate surface area is 114 Å². The van der Waals surface area contributed by atoms with Crippen LogP contribution in [0.15, 0.2) is 30.3 Å². The fourth-order valence-electron chi connectivity index (χ4n) is 1.95. The first-order valence-electron chi connectivity index (χ1n) is 4.96. The van der Waals surface area contributed by atoms with Crippen LogP contribution in [0.3, 0.4) is 0 Å². The van der Waals surface area contributed by atoms with Crippen LogP contribution in [-0.2, 0) is 0 Å². The van der Waals surface area contributed by atoms with Crippen molar-refractivity contribution >= 4 is 56.3 Å². The first-order valence-corrected chi connectivity index (χ1v) is 6.09. The van der Waals surface area contributed by atoms with Crippen LogP contribution in [0.5, 0.6) is 0 Å². The molecule has 0 fully saturated rings. The van der Waals surface area contributed by atoms with Gasteiger partial charge in [-0.25, -0.2) is 0 Å². The molecule has 3 aromatic rings. The van der Waals surface area contributed by atoms with Crippen molar-refractivity contribution in [1.82, 2.24) is 0 Å². The van der Waals surface area contributed by atoms with E-state index >= 15 is 0 Å². The fourth-order valence-corrected chi connectivity index (χ4v) is 2.58. The van der Waals surface area contributed by atoms with Gasteiger partial charge in [-0.05, 0) is 29.0 Å². The third-order valence-electron chi connectivity index (χ3n) is 2.72. The third-order valence-corrected chi connectivity index (χ3v) is 3.55.